The SMILES string of the molecule is Cc1cc(C(=O)Nc2ccc(C(=O)CN)cc2)cs1. The van der Waals surface area contributed by atoms with E-state index < -0.39 is 0 Å². The lowest BCUT2D eigenvalue weighted by atomic mass is 10.1. The molecular formula is C14H14N2O2S. The van der Waals surface area contributed by atoms with E-state index in [-0.39, 0.29) is 18.2 Å². The Morgan fingerprint density at radius 1 is 1.21 bits per heavy atom. The Bertz CT molecular complexity index is 602. The van der Waals surface area contributed by atoms with Gasteiger partial charge in [0.25, 0.3) is 5.91 Å². The predicted octanol–water partition coefficient (Wildman–Crippen LogP) is 2.45. The fourth-order valence-corrected chi connectivity index (χ4v) is 2.31. The average molecular weight is 274 g/mol. The smallest absolute Gasteiger partial charge is 0.256 e. The molecule has 0 saturated heterocycles. The first-order valence-corrected chi connectivity index (χ1v) is 6.68. The molecule has 98 valence electrons. The normalized spacial score (nSPS) is 10.2. The van der Waals surface area contributed by atoms with Gasteiger partial charge in [0.1, 0.15) is 0 Å². The van der Waals surface area contributed by atoms with Crippen molar-refractivity contribution >= 4 is 28.7 Å². The number of hydrogen-bond acceptors (Lipinski definition) is 4. The second-order valence-electron chi connectivity index (χ2n) is 4.10. The first kappa shape index (κ1) is 13.5. The van der Waals surface area contributed by atoms with Gasteiger partial charge in [0, 0.05) is 21.5 Å². The number of thiophene rings is 1. The van der Waals surface area contributed by atoms with Gasteiger partial charge < -0.3 is 11.1 Å². The first-order valence-electron chi connectivity index (χ1n) is 5.80. The molecule has 0 radical (unpaired) electrons. The second kappa shape index (κ2) is 5.77. The van der Waals surface area contributed by atoms with Crippen molar-refractivity contribution in [2.45, 2.75) is 6.92 Å². The Labute approximate surface area is 115 Å². The molecule has 0 aliphatic carbocycles. The van der Waals surface area contributed by atoms with Crippen LogP contribution < -0.4 is 11.1 Å². The maximum absolute atomic E-state index is 11.9. The van der Waals surface area contributed by atoms with E-state index in [1.165, 1.54) is 11.3 Å². The molecule has 1 aromatic heterocycles. The number of carbonyl (C=O) groups excluding carboxylic acids is 2. The molecule has 1 heterocycles. The standard InChI is InChI=1S/C14H14N2O2S/c1-9-6-11(8-19-9)14(18)16-12-4-2-10(3-5-12)13(17)7-15/h2-6,8H,7,15H2,1H3,(H,16,18). The third-order valence-corrected chi connectivity index (χ3v) is 3.50. The Morgan fingerprint density at radius 2 is 1.89 bits per heavy atom. The lowest BCUT2D eigenvalue weighted by Crippen LogP contribution is -2.14. The Kier molecular flexibility index (Phi) is 4.09. The zero-order valence-corrected chi connectivity index (χ0v) is 11.3. The van der Waals surface area contributed by atoms with E-state index in [2.05, 4.69) is 5.32 Å². The van der Waals surface area contributed by atoms with Crippen molar-refractivity contribution in [2.24, 2.45) is 5.73 Å². The minimum Gasteiger partial charge on any atom is -0.324 e. The first-order chi connectivity index (χ1) is 9.10. The van der Waals surface area contributed by atoms with Crippen molar-refractivity contribution < 1.29 is 9.59 Å². The van der Waals surface area contributed by atoms with Crippen molar-refractivity contribution in [3.63, 3.8) is 0 Å². The Morgan fingerprint density at radius 3 is 2.42 bits per heavy atom. The zero-order chi connectivity index (χ0) is 13.8. The highest BCUT2D eigenvalue weighted by Crippen LogP contribution is 2.16. The molecule has 4 nitrogen and oxygen atoms in total. The molecule has 0 atom stereocenters. The van der Waals surface area contributed by atoms with E-state index in [9.17, 15) is 9.59 Å². The summed E-state index contributed by atoms with van der Waals surface area (Å²) >= 11 is 1.53. The van der Waals surface area contributed by atoms with Gasteiger partial charge in [-0.3, -0.25) is 9.59 Å². The topological polar surface area (TPSA) is 72.2 Å². The number of carbonyl (C=O) groups is 2. The summed E-state index contributed by atoms with van der Waals surface area (Å²) in [6.07, 6.45) is 0. The maximum atomic E-state index is 11.9. The van der Waals surface area contributed by atoms with Crippen LogP contribution in [0.5, 0.6) is 0 Å². The molecule has 1 aromatic carbocycles. The van der Waals surface area contributed by atoms with Crippen LogP contribution in [0, 0.1) is 6.92 Å². The summed E-state index contributed by atoms with van der Waals surface area (Å²) in [7, 11) is 0. The van der Waals surface area contributed by atoms with Crippen molar-refractivity contribution in [1.29, 1.82) is 0 Å². The molecule has 1 amide bonds. The highest BCUT2D eigenvalue weighted by Gasteiger charge is 2.08. The molecule has 19 heavy (non-hydrogen) atoms. The Hall–Kier alpha value is -1.98. The molecule has 0 aliphatic rings. The second-order valence-corrected chi connectivity index (χ2v) is 5.22. The lowest BCUT2D eigenvalue weighted by Gasteiger charge is -2.04. The number of amides is 1. The molecule has 0 aliphatic heterocycles. The zero-order valence-electron chi connectivity index (χ0n) is 10.5. The summed E-state index contributed by atoms with van der Waals surface area (Å²) in [5.41, 5.74) is 7.13. The number of Topliss-reactive ketones (excluding diaryl/α,β-unsaturated/α-hetero) is 1. The lowest BCUT2D eigenvalue weighted by molar-refractivity contribution is 0.0999. The van der Waals surface area contributed by atoms with Crippen LogP contribution in [-0.4, -0.2) is 18.2 Å². The van der Waals surface area contributed by atoms with Crippen LogP contribution in [-0.2, 0) is 0 Å². The van der Waals surface area contributed by atoms with Crippen LogP contribution >= 0.6 is 11.3 Å². The van der Waals surface area contributed by atoms with E-state index in [0.29, 0.717) is 16.8 Å². The largest absolute Gasteiger partial charge is 0.324 e. The predicted molar refractivity (Wildman–Crippen MR) is 76.8 cm³/mol. The van der Waals surface area contributed by atoms with Crippen molar-refractivity contribution in [2.75, 3.05) is 11.9 Å². The average Bonchev–Trinajstić information content (AvgIpc) is 2.85. The number of ketones is 1. The van der Waals surface area contributed by atoms with Crippen molar-refractivity contribution in [3.8, 4) is 0 Å². The minimum atomic E-state index is -0.151. The van der Waals surface area contributed by atoms with Gasteiger partial charge in [0.15, 0.2) is 5.78 Å². The molecule has 2 rings (SSSR count). The molecule has 0 fully saturated rings. The molecule has 0 saturated carbocycles. The van der Waals surface area contributed by atoms with Crippen LogP contribution in [0.2, 0.25) is 0 Å². The van der Waals surface area contributed by atoms with E-state index in [1.807, 2.05) is 18.4 Å². The van der Waals surface area contributed by atoms with Gasteiger partial charge in [-0.15, -0.1) is 11.3 Å². The minimum absolute atomic E-state index is 0.0140. The van der Waals surface area contributed by atoms with Crippen LogP contribution in [0.4, 0.5) is 5.69 Å². The monoisotopic (exact) mass is 274 g/mol. The van der Waals surface area contributed by atoms with Crippen LogP contribution in [0.3, 0.4) is 0 Å². The van der Waals surface area contributed by atoms with Crippen LogP contribution in [0.1, 0.15) is 25.6 Å². The molecular weight excluding hydrogens is 260 g/mol. The highest BCUT2D eigenvalue weighted by molar-refractivity contribution is 7.10. The number of nitrogens with one attached hydrogen (secondary N) is 1. The summed E-state index contributed by atoms with van der Waals surface area (Å²) in [4.78, 5) is 24.4. The van der Waals surface area contributed by atoms with Crippen LogP contribution in [0.15, 0.2) is 35.7 Å². The fraction of sp³-hybridized carbons (Fsp3) is 0.143. The number of benzene rings is 1. The third kappa shape index (κ3) is 3.27. The highest BCUT2D eigenvalue weighted by atomic mass is 32.1. The summed E-state index contributed by atoms with van der Waals surface area (Å²) in [6, 6.07) is 8.54. The number of rotatable bonds is 4. The summed E-state index contributed by atoms with van der Waals surface area (Å²) in [6.45, 7) is 1.94. The van der Waals surface area contributed by atoms with E-state index in [0.717, 1.165) is 4.88 Å². The van der Waals surface area contributed by atoms with E-state index in [4.69, 9.17) is 5.73 Å². The Balaban J connectivity index is 2.07. The number of aryl methyl sites for hydroxylation is 1. The third-order valence-electron chi connectivity index (χ3n) is 2.64. The molecule has 3 N–H and O–H groups in total. The van der Waals surface area contributed by atoms with Gasteiger partial charge in [-0.1, -0.05) is 0 Å². The summed E-state index contributed by atoms with van der Waals surface area (Å²) in [5.74, 6) is -0.270. The summed E-state index contributed by atoms with van der Waals surface area (Å²) in [5, 5.41) is 4.60. The van der Waals surface area contributed by atoms with Gasteiger partial charge in [0.2, 0.25) is 0 Å². The molecule has 0 spiro atoms. The molecule has 0 unspecified atom stereocenters. The maximum Gasteiger partial charge on any atom is 0.256 e. The van der Waals surface area contributed by atoms with Gasteiger partial charge >= 0.3 is 0 Å². The number of hydrogen-bond donors (Lipinski definition) is 2. The van der Waals surface area contributed by atoms with E-state index >= 15 is 0 Å². The molecule has 2 aromatic rings. The molecule has 5 heteroatoms. The van der Waals surface area contributed by atoms with Gasteiger partial charge in [-0.25, -0.2) is 0 Å². The van der Waals surface area contributed by atoms with Crippen molar-refractivity contribution in [1.82, 2.24) is 0 Å². The van der Waals surface area contributed by atoms with Gasteiger partial charge in [-0.05, 0) is 37.3 Å². The number of anilines is 1. The van der Waals surface area contributed by atoms with Crippen LogP contribution in [0.25, 0.3) is 0 Å². The number of nitrogens with two attached hydrogens (primary N) is 1. The van der Waals surface area contributed by atoms with Gasteiger partial charge in [0.05, 0.1) is 12.1 Å². The fourth-order valence-electron chi connectivity index (χ4n) is 1.62. The van der Waals surface area contributed by atoms with E-state index in [1.54, 1.807) is 24.3 Å². The summed E-state index contributed by atoms with van der Waals surface area (Å²) < 4.78 is 0. The van der Waals surface area contributed by atoms with Gasteiger partial charge in [-0.2, -0.15) is 0 Å². The quantitative estimate of drug-likeness (QED) is 0.841. The van der Waals surface area contributed by atoms with Crippen molar-refractivity contribution in [3.05, 3.63) is 51.7 Å². The molecule has 0 bridgehead atoms.